The second kappa shape index (κ2) is 6.93. The molecule has 0 fully saturated rings. The third-order valence-electron chi connectivity index (χ3n) is 4.04. The van der Waals surface area contributed by atoms with Crippen LogP contribution < -0.4 is 4.74 Å². The number of hydrogen-bond acceptors (Lipinski definition) is 5. The third kappa shape index (κ3) is 3.86. The van der Waals surface area contributed by atoms with Crippen LogP contribution in [0.2, 0.25) is 0 Å². The normalized spacial score (nSPS) is 12.2. The van der Waals surface area contributed by atoms with Crippen molar-refractivity contribution in [2.45, 2.75) is 18.1 Å². The molecule has 0 unspecified atom stereocenters. The lowest BCUT2D eigenvalue weighted by Crippen LogP contribution is -2.08. The number of halogens is 3. The molecule has 0 N–H and O–H groups in total. The summed E-state index contributed by atoms with van der Waals surface area (Å²) in [5, 5.41) is 3.48. The number of pyridine rings is 1. The van der Waals surface area contributed by atoms with Crippen molar-refractivity contribution in [3.8, 4) is 22.7 Å². The van der Waals surface area contributed by atoms with E-state index in [4.69, 9.17) is 4.74 Å². The molecule has 0 aliphatic heterocycles. The fourth-order valence-electron chi connectivity index (χ4n) is 2.68. The standard InChI is InChI=1S/C18H16F3N3O3S/c1-11-8-12(4-6-15(11)27-2)14-9-16(18(19,20)21)23-24(14)13-5-7-17(22-10-13)28(3,25)26/h4-10H,1-3H3. The molecule has 10 heteroatoms. The maximum absolute atomic E-state index is 13.2. The zero-order chi connectivity index (χ0) is 20.7. The van der Waals surface area contributed by atoms with Crippen LogP contribution in [0.1, 0.15) is 11.3 Å². The summed E-state index contributed by atoms with van der Waals surface area (Å²) in [5.41, 5.74) is 0.557. The van der Waals surface area contributed by atoms with E-state index >= 15 is 0 Å². The van der Waals surface area contributed by atoms with Crippen LogP contribution in [0.4, 0.5) is 13.2 Å². The van der Waals surface area contributed by atoms with Gasteiger partial charge in [-0.05, 0) is 48.9 Å². The first-order chi connectivity index (χ1) is 13.0. The molecular weight excluding hydrogens is 395 g/mol. The zero-order valence-electron chi connectivity index (χ0n) is 15.1. The van der Waals surface area contributed by atoms with Gasteiger partial charge in [0.25, 0.3) is 0 Å². The molecule has 0 amide bonds. The lowest BCUT2D eigenvalue weighted by Gasteiger charge is -2.10. The van der Waals surface area contributed by atoms with Gasteiger partial charge in [0, 0.05) is 11.8 Å². The smallest absolute Gasteiger partial charge is 0.435 e. The first-order valence-corrected chi connectivity index (χ1v) is 9.88. The maximum atomic E-state index is 13.2. The molecule has 0 aliphatic rings. The summed E-state index contributed by atoms with van der Waals surface area (Å²) >= 11 is 0. The zero-order valence-corrected chi connectivity index (χ0v) is 16.0. The number of alkyl halides is 3. The van der Waals surface area contributed by atoms with Gasteiger partial charge in [-0.25, -0.2) is 18.1 Å². The van der Waals surface area contributed by atoms with Crippen LogP contribution in [0.3, 0.4) is 0 Å². The molecule has 0 saturated carbocycles. The Kier molecular flexibility index (Phi) is 4.92. The monoisotopic (exact) mass is 411 g/mol. The lowest BCUT2D eigenvalue weighted by molar-refractivity contribution is -0.141. The minimum absolute atomic E-state index is 0.179. The van der Waals surface area contributed by atoms with Crippen LogP contribution in [0.15, 0.2) is 47.6 Å². The van der Waals surface area contributed by atoms with Crippen molar-refractivity contribution in [3.05, 3.63) is 53.9 Å². The number of nitrogens with zero attached hydrogens (tertiary/aromatic N) is 3. The molecule has 3 aromatic rings. The van der Waals surface area contributed by atoms with Crippen LogP contribution in [0, 0.1) is 6.92 Å². The summed E-state index contributed by atoms with van der Waals surface area (Å²) in [6, 6.07) is 8.48. The summed E-state index contributed by atoms with van der Waals surface area (Å²) in [5.74, 6) is 0.602. The second-order valence-electron chi connectivity index (χ2n) is 6.14. The van der Waals surface area contributed by atoms with Gasteiger partial charge in [0.15, 0.2) is 20.6 Å². The van der Waals surface area contributed by atoms with Gasteiger partial charge in [0.1, 0.15) is 5.75 Å². The van der Waals surface area contributed by atoms with Crippen LogP contribution >= 0.6 is 0 Å². The highest BCUT2D eigenvalue weighted by Gasteiger charge is 2.35. The average molecular weight is 411 g/mol. The molecule has 0 atom stereocenters. The van der Waals surface area contributed by atoms with Crippen LogP contribution in [-0.4, -0.2) is 36.5 Å². The number of rotatable bonds is 4. The van der Waals surface area contributed by atoms with Crippen molar-refractivity contribution in [3.63, 3.8) is 0 Å². The summed E-state index contributed by atoms with van der Waals surface area (Å²) in [7, 11) is -2.03. The van der Waals surface area contributed by atoms with E-state index in [0.717, 1.165) is 22.6 Å². The number of aromatic nitrogens is 3. The minimum Gasteiger partial charge on any atom is -0.496 e. The molecule has 148 valence electrons. The van der Waals surface area contributed by atoms with Gasteiger partial charge in [-0.15, -0.1) is 0 Å². The molecular formula is C18H16F3N3O3S. The molecule has 1 aromatic carbocycles. The van der Waals surface area contributed by atoms with Crippen molar-refractivity contribution < 1.29 is 26.3 Å². The Balaban J connectivity index is 2.18. The van der Waals surface area contributed by atoms with E-state index in [1.54, 1.807) is 25.1 Å². The Labute approximate surface area is 159 Å². The first kappa shape index (κ1) is 19.9. The Morgan fingerprint density at radius 3 is 2.32 bits per heavy atom. The van der Waals surface area contributed by atoms with Crippen molar-refractivity contribution in [2.75, 3.05) is 13.4 Å². The van der Waals surface area contributed by atoms with Crippen molar-refractivity contribution in [1.82, 2.24) is 14.8 Å². The topological polar surface area (TPSA) is 74.1 Å². The van der Waals surface area contributed by atoms with E-state index in [1.165, 1.54) is 25.4 Å². The predicted octanol–water partition coefficient (Wildman–Crippen LogP) is 3.67. The SMILES string of the molecule is COc1ccc(-c2cc(C(F)(F)F)nn2-c2ccc(S(C)(=O)=O)nc2)cc1C. The van der Waals surface area contributed by atoms with Crippen molar-refractivity contribution in [2.24, 2.45) is 0 Å². The molecule has 0 aliphatic carbocycles. The second-order valence-corrected chi connectivity index (χ2v) is 8.10. The minimum atomic E-state index is -4.64. The van der Waals surface area contributed by atoms with Crippen LogP contribution in [0.25, 0.3) is 16.9 Å². The van der Waals surface area contributed by atoms with Gasteiger partial charge in [-0.1, -0.05) is 0 Å². The third-order valence-corrected chi connectivity index (χ3v) is 5.04. The van der Waals surface area contributed by atoms with E-state index in [-0.39, 0.29) is 16.4 Å². The number of methoxy groups -OCH3 is 1. The number of ether oxygens (including phenoxy) is 1. The molecule has 28 heavy (non-hydrogen) atoms. The van der Waals surface area contributed by atoms with Gasteiger partial charge in [-0.2, -0.15) is 18.3 Å². The summed E-state index contributed by atoms with van der Waals surface area (Å²) in [4.78, 5) is 3.83. The van der Waals surface area contributed by atoms with E-state index in [0.29, 0.717) is 11.3 Å². The van der Waals surface area contributed by atoms with Crippen LogP contribution in [0.5, 0.6) is 5.75 Å². The van der Waals surface area contributed by atoms with Gasteiger partial charge in [-0.3, -0.25) is 0 Å². The highest BCUT2D eigenvalue weighted by molar-refractivity contribution is 7.90. The molecule has 0 radical (unpaired) electrons. The number of aryl methyl sites for hydroxylation is 1. The van der Waals surface area contributed by atoms with E-state index in [2.05, 4.69) is 10.1 Å². The molecule has 2 heterocycles. The van der Waals surface area contributed by atoms with E-state index in [1.807, 2.05) is 0 Å². The fraction of sp³-hybridized carbons (Fsp3) is 0.222. The molecule has 3 rings (SSSR count). The first-order valence-electron chi connectivity index (χ1n) is 7.99. The maximum Gasteiger partial charge on any atom is 0.435 e. The number of benzene rings is 1. The van der Waals surface area contributed by atoms with E-state index in [9.17, 15) is 21.6 Å². The Morgan fingerprint density at radius 1 is 1.11 bits per heavy atom. The van der Waals surface area contributed by atoms with Crippen molar-refractivity contribution >= 4 is 9.84 Å². The molecule has 0 saturated heterocycles. The van der Waals surface area contributed by atoms with E-state index < -0.39 is 21.7 Å². The molecule has 0 bridgehead atoms. The average Bonchev–Trinajstić information content (AvgIpc) is 3.07. The van der Waals surface area contributed by atoms with Gasteiger partial charge < -0.3 is 4.74 Å². The largest absolute Gasteiger partial charge is 0.496 e. The highest BCUT2D eigenvalue weighted by Crippen LogP contribution is 2.34. The molecule has 2 aromatic heterocycles. The summed E-state index contributed by atoms with van der Waals surface area (Å²) in [6.07, 6.45) is -2.47. The van der Waals surface area contributed by atoms with Gasteiger partial charge in [0.2, 0.25) is 0 Å². The van der Waals surface area contributed by atoms with Crippen LogP contribution in [-0.2, 0) is 16.0 Å². The molecule has 6 nitrogen and oxygen atoms in total. The number of sulfone groups is 1. The lowest BCUT2D eigenvalue weighted by atomic mass is 10.1. The predicted molar refractivity (Wildman–Crippen MR) is 96.2 cm³/mol. The Morgan fingerprint density at radius 2 is 1.82 bits per heavy atom. The Hall–Kier alpha value is -2.88. The molecule has 0 spiro atoms. The fourth-order valence-corrected chi connectivity index (χ4v) is 3.24. The van der Waals surface area contributed by atoms with Gasteiger partial charge >= 0.3 is 6.18 Å². The van der Waals surface area contributed by atoms with Gasteiger partial charge in [0.05, 0.1) is 24.7 Å². The summed E-state index contributed by atoms with van der Waals surface area (Å²) in [6.45, 7) is 1.77. The Bertz CT molecular complexity index is 1120. The summed E-state index contributed by atoms with van der Waals surface area (Å²) < 4.78 is 69.1. The van der Waals surface area contributed by atoms with Crippen molar-refractivity contribution in [1.29, 1.82) is 0 Å². The number of hydrogen-bond donors (Lipinski definition) is 0. The highest BCUT2D eigenvalue weighted by atomic mass is 32.2. The quantitative estimate of drug-likeness (QED) is 0.655.